The van der Waals surface area contributed by atoms with Gasteiger partial charge in [0.25, 0.3) is 0 Å². The first-order valence-electron chi connectivity index (χ1n) is 7.10. The molecule has 0 saturated carbocycles. The minimum absolute atomic E-state index is 0.101. The van der Waals surface area contributed by atoms with Crippen LogP contribution in [0, 0.1) is 16.7 Å². The van der Waals surface area contributed by atoms with E-state index in [4.69, 9.17) is 0 Å². The third-order valence-corrected chi connectivity index (χ3v) is 3.32. The van der Waals surface area contributed by atoms with Crippen LogP contribution in [0.15, 0.2) is 30.3 Å². The number of benzene rings is 1. The Morgan fingerprint density at radius 1 is 1.29 bits per heavy atom. The van der Waals surface area contributed by atoms with E-state index in [2.05, 4.69) is 49.2 Å². The van der Waals surface area contributed by atoms with Gasteiger partial charge in [-0.15, -0.1) is 0 Å². The molecule has 0 amide bonds. The van der Waals surface area contributed by atoms with Gasteiger partial charge in [-0.25, -0.2) is 4.98 Å². The van der Waals surface area contributed by atoms with Gasteiger partial charge in [0.15, 0.2) is 0 Å². The maximum absolute atomic E-state index is 9.31. The maximum atomic E-state index is 9.31. The predicted octanol–water partition coefficient (Wildman–Crippen LogP) is 3.11. The van der Waals surface area contributed by atoms with Crippen LogP contribution in [0.25, 0.3) is 10.9 Å². The zero-order valence-electron chi connectivity index (χ0n) is 13.1. The number of fused-ring (bicyclic) bond motifs is 1. The molecule has 0 aliphatic rings. The van der Waals surface area contributed by atoms with Crippen molar-refractivity contribution in [3.63, 3.8) is 0 Å². The molecule has 1 N–H and O–H groups in total. The Morgan fingerprint density at radius 3 is 2.67 bits per heavy atom. The van der Waals surface area contributed by atoms with Gasteiger partial charge in [0.1, 0.15) is 11.9 Å². The first-order valence-corrected chi connectivity index (χ1v) is 7.10. The third kappa shape index (κ3) is 3.93. The topological polar surface area (TPSA) is 52.0 Å². The lowest BCUT2D eigenvalue weighted by atomic mass is 9.93. The normalized spacial score (nSPS) is 11.6. The molecule has 21 heavy (non-hydrogen) atoms. The van der Waals surface area contributed by atoms with E-state index >= 15 is 0 Å². The van der Waals surface area contributed by atoms with Crippen molar-refractivity contribution in [2.45, 2.75) is 13.8 Å². The summed E-state index contributed by atoms with van der Waals surface area (Å²) in [5.74, 6) is 0.669. The lowest BCUT2D eigenvalue weighted by Gasteiger charge is -2.28. The molecule has 0 aliphatic heterocycles. The summed E-state index contributed by atoms with van der Waals surface area (Å²) in [7, 11) is 4.13. The molecule has 0 saturated heterocycles. The Morgan fingerprint density at radius 2 is 2.00 bits per heavy atom. The van der Waals surface area contributed by atoms with Crippen LogP contribution in [0.3, 0.4) is 0 Å². The molecule has 2 rings (SSSR count). The minimum atomic E-state index is 0.101. The number of aromatic nitrogens is 1. The van der Waals surface area contributed by atoms with Gasteiger partial charge in [-0.05, 0) is 31.6 Å². The van der Waals surface area contributed by atoms with Gasteiger partial charge in [0, 0.05) is 18.5 Å². The fourth-order valence-corrected chi connectivity index (χ4v) is 2.57. The Hall–Kier alpha value is -2.12. The van der Waals surface area contributed by atoms with Crippen molar-refractivity contribution in [3.8, 4) is 6.07 Å². The first-order chi connectivity index (χ1) is 9.91. The smallest absolute Gasteiger partial charge is 0.144 e. The molecule has 1 aromatic heterocycles. The largest absolute Gasteiger partial charge is 0.368 e. The molecule has 0 bridgehead atoms. The van der Waals surface area contributed by atoms with Gasteiger partial charge >= 0.3 is 0 Å². The number of hydrogen-bond donors (Lipinski definition) is 1. The SMILES string of the molecule is CN(C)CC(C)(C)CNc1nc2ccccc2cc1C#N. The van der Waals surface area contributed by atoms with E-state index in [0.29, 0.717) is 11.4 Å². The summed E-state index contributed by atoms with van der Waals surface area (Å²) in [4.78, 5) is 6.75. The van der Waals surface area contributed by atoms with E-state index < -0.39 is 0 Å². The van der Waals surface area contributed by atoms with E-state index in [1.165, 1.54) is 0 Å². The number of anilines is 1. The lowest BCUT2D eigenvalue weighted by Crippen LogP contribution is -2.34. The highest BCUT2D eigenvalue weighted by atomic mass is 15.1. The number of nitrogens with one attached hydrogen (secondary N) is 1. The van der Waals surface area contributed by atoms with Gasteiger partial charge < -0.3 is 10.2 Å². The van der Waals surface area contributed by atoms with Crippen LogP contribution in [0.5, 0.6) is 0 Å². The summed E-state index contributed by atoms with van der Waals surface area (Å²) in [5.41, 5.74) is 1.60. The van der Waals surface area contributed by atoms with Crippen LogP contribution in [0.4, 0.5) is 5.82 Å². The second-order valence-corrected chi connectivity index (χ2v) is 6.44. The van der Waals surface area contributed by atoms with Crippen molar-refractivity contribution in [1.29, 1.82) is 5.26 Å². The van der Waals surface area contributed by atoms with E-state index in [-0.39, 0.29) is 5.41 Å². The number of hydrogen-bond acceptors (Lipinski definition) is 4. The fraction of sp³-hybridized carbons (Fsp3) is 0.412. The standard InChI is InChI=1S/C17H22N4/c1-17(2,12-21(3)4)11-19-16-14(10-18)9-13-7-5-6-8-15(13)20-16/h5-9H,11-12H2,1-4H3,(H,19,20). The Kier molecular flexibility index (Phi) is 4.44. The molecule has 4 heteroatoms. The summed E-state index contributed by atoms with van der Waals surface area (Å²) in [6.45, 7) is 6.14. The number of nitrogens with zero attached hydrogens (tertiary/aromatic N) is 3. The van der Waals surface area contributed by atoms with Crippen molar-refractivity contribution in [1.82, 2.24) is 9.88 Å². The van der Waals surface area contributed by atoms with Gasteiger partial charge in [-0.2, -0.15) is 5.26 Å². The number of rotatable bonds is 5. The molecule has 0 atom stereocenters. The van der Waals surface area contributed by atoms with Crippen molar-refractivity contribution in [2.24, 2.45) is 5.41 Å². The molecule has 2 aromatic rings. The number of para-hydroxylation sites is 1. The van der Waals surface area contributed by atoms with Gasteiger partial charge in [-0.3, -0.25) is 0 Å². The van der Waals surface area contributed by atoms with E-state index in [9.17, 15) is 5.26 Å². The van der Waals surface area contributed by atoms with Crippen LogP contribution in [-0.4, -0.2) is 37.1 Å². The molecule has 0 fully saturated rings. The maximum Gasteiger partial charge on any atom is 0.144 e. The summed E-state index contributed by atoms with van der Waals surface area (Å²) in [5, 5.41) is 13.6. The zero-order valence-corrected chi connectivity index (χ0v) is 13.1. The molecular weight excluding hydrogens is 260 g/mol. The van der Waals surface area contributed by atoms with Crippen molar-refractivity contribution in [3.05, 3.63) is 35.9 Å². The monoisotopic (exact) mass is 282 g/mol. The average Bonchev–Trinajstić information content (AvgIpc) is 2.42. The molecule has 4 nitrogen and oxygen atoms in total. The first kappa shape index (κ1) is 15.3. The molecule has 110 valence electrons. The van der Waals surface area contributed by atoms with Crippen LogP contribution < -0.4 is 5.32 Å². The molecule has 0 spiro atoms. The second-order valence-electron chi connectivity index (χ2n) is 6.44. The van der Waals surface area contributed by atoms with Gasteiger partial charge in [0.2, 0.25) is 0 Å². The lowest BCUT2D eigenvalue weighted by molar-refractivity contribution is 0.254. The van der Waals surface area contributed by atoms with E-state index in [1.807, 2.05) is 30.3 Å². The Balaban J connectivity index is 2.23. The van der Waals surface area contributed by atoms with Crippen molar-refractivity contribution < 1.29 is 0 Å². The highest BCUT2D eigenvalue weighted by Gasteiger charge is 2.19. The molecule has 0 aliphatic carbocycles. The van der Waals surface area contributed by atoms with Crippen molar-refractivity contribution >= 4 is 16.7 Å². The molecule has 0 unspecified atom stereocenters. The molecule has 1 heterocycles. The Bertz CT molecular complexity index is 668. The second kappa shape index (κ2) is 6.11. The summed E-state index contributed by atoms with van der Waals surface area (Å²) < 4.78 is 0. The zero-order chi connectivity index (χ0) is 15.5. The molecular formula is C17H22N4. The number of nitriles is 1. The molecule has 0 radical (unpaired) electrons. The van der Waals surface area contributed by atoms with Crippen LogP contribution in [0.1, 0.15) is 19.4 Å². The predicted molar refractivity (Wildman–Crippen MR) is 87.3 cm³/mol. The molecule has 1 aromatic carbocycles. The quantitative estimate of drug-likeness (QED) is 0.915. The van der Waals surface area contributed by atoms with Gasteiger partial charge in [0.05, 0.1) is 11.1 Å². The fourth-order valence-electron chi connectivity index (χ4n) is 2.57. The highest BCUT2D eigenvalue weighted by Crippen LogP contribution is 2.22. The average molecular weight is 282 g/mol. The summed E-state index contributed by atoms with van der Waals surface area (Å²) in [6.07, 6.45) is 0. The summed E-state index contributed by atoms with van der Waals surface area (Å²) >= 11 is 0. The Labute approximate surface area is 126 Å². The van der Waals surface area contributed by atoms with Gasteiger partial charge in [-0.1, -0.05) is 32.0 Å². The third-order valence-electron chi connectivity index (χ3n) is 3.32. The minimum Gasteiger partial charge on any atom is -0.368 e. The van der Waals surface area contributed by atoms with Crippen molar-refractivity contribution in [2.75, 3.05) is 32.5 Å². The van der Waals surface area contributed by atoms with Crippen LogP contribution in [-0.2, 0) is 0 Å². The van der Waals surface area contributed by atoms with Crippen LogP contribution >= 0.6 is 0 Å². The van der Waals surface area contributed by atoms with Crippen LogP contribution in [0.2, 0.25) is 0 Å². The number of pyridine rings is 1. The highest BCUT2D eigenvalue weighted by molar-refractivity contribution is 5.82. The van der Waals surface area contributed by atoms with E-state index in [0.717, 1.165) is 24.0 Å². The van der Waals surface area contributed by atoms with E-state index in [1.54, 1.807) is 0 Å². The summed E-state index contributed by atoms with van der Waals surface area (Å²) in [6, 6.07) is 12.0.